The lowest BCUT2D eigenvalue weighted by atomic mass is 10.0. The van der Waals surface area contributed by atoms with Gasteiger partial charge in [-0.05, 0) is 31.4 Å². The zero-order valence-electron chi connectivity index (χ0n) is 11.3. The van der Waals surface area contributed by atoms with Gasteiger partial charge in [-0.25, -0.2) is 4.79 Å². The fourth-order valence-electron chi connectivity index (χ4n) is 2.15. The lowest BCUT2D eigenvalue weighted by Crippen LogP contribution is -2.17. The summed E-state index contributed by atoms with van der Waals surface area (Å²) in [7, 11) is 0. The number of carbonyl (C=O) groups excluding carboxylic acids is 1. The van der Waals surface area contributed by atoms with E-state index in [-0.39, 0.29) is 16.9 Å². The average Bonchev–Trinajstić information content (AvgIpc) is 3.18. The van der Waals surface area contributed by atoms with E-state index in [0.717, 1.165) is 25.7 Å². The van der Waals surface area contributed by atoms with Gasteiger partial charge in [0.25, 0.3) is 5.69 Å². The van der Waals surface area contributed by atoms with E-state index in [1.807, 2.05) is 0 Å². The van der Waals surface area contributed by atoms with Crippen LogP contribution in [0.2, 0.25) is 0 Å². The molecule has 2 rings (SSSR count). The Balaban J connectivity index is 1.81. The maximum Gasteiger partial charge on any atom is 0.513 e. The standard InChI is InChI=1S/C14H17NO5/c1-2-7-14(8-9-14)10-19-13(16)20-12-5-3-11(4-6-12)15(17)18/h3-6H,2,7-10H2,1H3. The highest BCUT2D eigenvalue weighted by molar-refractivity contribution is 5.64. The third-order valence-corrected chi connectivity index (χ3v) is 3.48. The molecule has 1 aliphatic rings. The molecule has 0 amide bonds. The molecule has 0 saturated heterocycles. The van der Waals surface area contributed by atoms with Crippen LogP contribution in [-0.4, -0.2) is 17.7 Å². The smallest absolute Gasteiger partial charge is 0.433 e. The van der Waals surface area contributed by atoms with E-state index in [2.05, 4.69) is 6.92 Å². The van der Waals surface area contributed by atoms with Crippen LogP contribution in [0.5, 0.6) is 5.75 Å². The Morgan fingerprint density at radius 3 is 2.50 bits per heavy atom. The number of nitrogens with zero attached hydrogens (tertiary/aromatic N) is 1. The molecule has 1 fully saturated rings. The van der Waals surface area contributed by atoms with Gasteiger partial charge in [-0.1, -0.05) is 13.3 Å². The fraction of sp³-hybridized carbons (Fsp3) is 0.500. The fourth-order valence-corrected chi connectivity index (χ4v) is 2.15. The first-order valence-electron chi connectivity index (χ1n) is 6.64. The number of nitro benzene ring substituents is 1. The van der Waals surface area contributed by atoms with Gasteiger partial charge in [0, 0.05) is 17.5 Å². The molecule has 20 heavy (non-hydrogen) atoms. The van der Waals surface area contributed by atoms with Crippen molar-refractivity contribution >= 4 is 11.8 Å². The van der Waals surface area contributed by atoms with E-state index in [1.165, 1.54) is 24.3 Å². The predicted octanol–water partition coefficient (Wildman–Crippen LogP) is 3.69. The third kappa shape index (κ3) is 3.69. The average molecular weight is 279 g/mol. The summed E-state index contributed by atoms with van der Waals surface area (Å²) < 4.78 is 10.1. The Labute approximate surface area is 116 Å². The topological polar surface area (TPSA) is 78.7 Å². The Bertz CT molecular complexity index is 493. The van der Waals surface area contributed by atoms with Crippen LogP contribution >= 0.6 is 0 Å². The summed E-state index contributed by atoms with van der Waals surface area (Å²) >= 11 is 0. The molecule has 1 saturated carbocycles. The minimum Gasteiger partial charge on any atom is -0.433 e. The molecule has 1 aromatic rings. The molecule has 108 valence electrons. The first-order chi connectivity index (χ1) is 9.54. The van der Waals surface area contributed by atoms with Crippen molar-refractivity contribution in [2.24, 2.45) is 5.41 Å². The maximum absolute atomic E-state index is 11.5. The Kier molecular flexibility index (Phi) is 4.22. The number of rotatable bonds is 6. The SMILES string of the molecule is CCCC1(COC(=O)Oc2ccc([N+](=O)[O-])cc2)CC1. The van der Waals surface area contributed by atoms with Crippen LogP contribution in [0.25, 0.3) is 0 Å². The highest BCUT2D eigenvalue weighted by Crippen LogP contribution is 2.49. The number of hydrogen-bond donors (Lipinski definition) is 0. The summed E-state index contributed by atoms with van der Waals surface area (Å²) in [4.78, 5) is 21.5. The summed E-state index contributed by atoms with van der Waals surface area (Å²) in [6, 6.07) is 5.31. The summed E-state index contributed by atoms with van der Waals surface area (Å²) in [5, 5.41) is 10.5. The van der Waals surface area contributed by atoms with Crippen LogP contribution in [0.1, 0.15) is 32.6 Å². The molecule has 1 aromatic carbocycles. The van der Waals surface area contributed by atoms with Crippen molar-refractivity contribution < 1.29 is 19.2 Å². The van der Waals surface area contributed by atoms with Gasteiger partial charge in [0.2, 0.25) is 0 Å². The van der Waals surface area contributed by atoms with Crippen LogP contribution in [-0.2, 0) is 4.74 Å². The summed E-state index contributed by atoms with van der Waals surface area (Å²) in [5.74, 6) is 0.237. The van der Waals surface area contributed by atoms with Gasteiger partial charge < -0.3 is 9.47 Å². The number of non-ortho nitro benzene ring substituents is 1. The number of ether oxygens (including phenoxy) is 2. The van der Waals surface area contributed by atoms with Gasteiger partial charge in [-0.2, -0.15) is 0 Å². The quantitative estimate of drug-likeness (QED) is 0.343. The molecule has 0 bridgehead atoms. The second-order valence-corrected chi connectivity index (χ2v) is 5.14. The Morgan fingerprint density at radius 2 is 2.00 bits per heavy atom. The summed E-state index contributed by atoms with van der Waals surface area (Å²) in [6.45, 7) is 2.49. The predicted molar refractivity (Wildman–Crippen MR) is 71.6 cm³/mol. The van der Waals surface area contributed by atoms with Crippen LogP contribution < -0.4 is 4.74 Å². The number of hydrogen-bond acceptors (Lipinski definition) is 5. The first-order valence-corrected chi connectivity index (χ1v) is 6.64. The molecule has 0 atom stereocenters. The molecule has 0 heterocycles. The zero-order chi connectivity index (χ0) is 14.6. The maximum atomic E-state index is 11.5. The van der Waals surface area contributed by atoms with E-state index in [4.69, 9.17) is 9.47 Å². The second-order valence-electron chi connectivity index (χ2n) is 5.14. The number of benzene rings is 1. The van der Waals surface area contributed by atoms with Crippen molar-refractivity contribution in [1.29, 1.82) is 0 Å². The summed E-state index contributed by atoms with van der Waals surface area (Å²) in [6.07, 6.45) is 3.54. The normalized spacial score (nSPS) is 15.4. The van der Waals surface area contributed by atoms with Crippen LogP contribution in [0.3, 0.4) is 0 Å². The van der Waals surface area contributed by atoms with Crippen molar-refractivity contribution in [3.05, 3.63) is 34.4 Å². The van der Waals surface area contributed by atoms with Crippen molar-refractivity contribution in [1.82, 2.24) is 0 Å². The van der Waals surface area contributed by atoms with E-state index in [9.17, 15) is 14.9 Å². The Morgan fingerprint density at radius 1 is 1.35 bits per heavy atom. The van der Waals surface area contributed by atoms with Crippen LogP contribution in [0.15, 0.2) is 24.3 Å². The largest absolute Gasteiger partial charge is 0.513 e. The second kappa shape index (κ2) is 5.90. The van der Waals surface area contributed by atoms with Gasteiger partial charge in [-0.15, -0.1) is 0 Å². The van der Waals surface area contributed by atoms with Gasteiger partial charge in [0.1, 0.15) is 12.4 Å². The first kappa shape index (κ1) is 14.3. The summed E-state index contributed by atoms with van der Waals surface area (Å²) in [5.41, 5.74) is 0.106. The van der Waals surface area contributed by atoms with E-state index >= 15 is 0 Å². The van der Waals surface area contributed by atoms with Gasteiger partial charge in [0.15, 0.2) is 0 Å². The van der Waals surface area contributed by atoms with Crippen molar-refractivity contribution in [2.45, 2.75) is 32.6 Å². The van der Waals surface area contributed by atoms with Crippen molar-refractivity contribution in [3.8, 4) is 5.75 Å². The molecule has 0 spiro atoms. The minimum absolute atomic E-state index is 0.0504. The molecule has 6 nitrogen and oxygen atoms in total. The molecule has 0 aromatic heterocycles. The lowest BCUT2D eigenvalue weighted by molar-refractivity contribution is -0.384. The molecule has 0 aliphatic heterocycles. The molecular weight excluding hydrogens is 262 g/mol. The van der Waals surface area contributed by atoms with E-state index < -0.39 is 11.1 Å². The molecule has 1 aliphatic carbocycles. The minimum atomic E-state index is -0.763. The molecule has 0 radical (unpaired) electrons. The number of carbonyl (C=O) groups is 1. The molecule has 0 N–H and O–H groups in total. The van der Waals surface area contributed by atoms with Gasteiger partial charge in [0.05, 0.1) is 4.92 Å². The lowest BCUT2D eigenvalue weighted by Gasteiger charge is -2.13. The highest BCUT2D eigenvalue weighted by atomic mass is 16.7. The van der Waals surface area contributed by atoms with Crippen LogP contribution in [0.4, 0.5) is 10.5 Å². The van der Waals surface area contributed by atoms with E-state index in [0.29, 0.717) is 6.61 Å². The number of nitro groups is 1. The Hall–Kier alpha value is -2.11. The van der Waals surface area contributed by atoms with Crippen LogP contribution in [0, 0.1) is 15.5 Å². The van der Waals surface area contributed by atoms with Gasteiger partial charge >= 0.3 is 6.16 Å². The van der Waals surface area contributed by atoms with Crippen molar-refractivity contribution in [3.63, 3.8) is 0 Å². The third-order valence-electron chi connectivity index (χ3n) is 3.48. The van der Waals surface area contributed by atoms with E-state index in [1.54, 1.807) is 0 Å². The monoisotopic (exact) mass is 279 g/mol. The van der Waals surface area contributed by atoms with Gasteiger partial charge in [-0.3, -0.25) is 10.1 Å². The highest BCUT2D eigenvalue weighted by Gasteiger charge is 2.42. The van der Waals surface area contributed by atoms with Crippen molar-refractivity contribution in [2.75, 3.05) is 6.61 Å². The molecular formula is C14H17NO5. The molecule has 0 unspecified atom stereocenters. The zero-order valence-corrected chi connectivity index (χ0v) is 11.3. The molecule has 6 heteroatoms.